The number of likely N-dealkylation sites (tertiary alicyclic amines) is 1. The van der Waals surface area contributed by atoms with E-state index in [1.165, 1.54) is 25.8 Å². The Balaban J connectivity index is 1.42. The van der Waals surface area contributed by atoms with E-state index in [2.05, 4.69) is 22.0 Å². The largest absolute Gasteiger partial charge is 0.355 e. The van der Waals surface area contributed by atoms with Gasteiger partial charge in [-0.05, 0) is 63.9 Å². The van der Waals surface area contributed by atoms with Gasteiger partial charge in [0.2, 0.25) is 0 Å². The number of rotatable bonds is 4. The molecule has 1 N–H and O–H groups in total. The maximum absolute atomic E-state index is 12.4. The summed E-state index contributed by atoms with van der Waals surface area (Å²) in [5.41, 5.74) is 2.29. The molecule has 2 atom stereocenters. The minimum Gasteiger partial charge on any atom is -0.355 e. The zero-order valence-electron chi connectivity index (χ0n) is 16.2. The first-order valence-electron chi connectivity index (χ1n) is 9.96. The summed E-state index contributed by atoms with van der Waals surface area (Å²) in [5, 5.41) is 2.98. The average Bonchev–Trinajstić information content (AvgIpc) is 3.33. The number of hydrogen-bond acceptors (Lipinski definition) is 4. The smallest absolute Gasteiger partial charge is 0.255 e. The van der Waals surface area contributed by atoms with Gasteiger partial charge in [-0.25, -0.2) is 4.98 Å². The summed E-state index contributed by atoms with van der Waals surface area (Å²) in [4.78, 5) is 22.2. The highest BCUT2D eigenvalue weighted by molar-refractivity contribution is 6.04. The number of carbonyl (C=O) groups excluding carboxylic acids is 1. The fourth-order valence-corrected chi connectivity index (χ4v) is 4.36. The fraction of sp³-hybridized carbons (Fsp3) is 0.455. The molecule has 0 aliphatic carbocycles. The molecule has 1 amide bonds. The van der Waals surface area contributed by atoms with E-state index in [0.29, 0.717) is 17.6 Å². The first kappa shape index (κ1) is 18.0. The average molecular weight is 364 g/mol. The summed E-state index contributed by atoms with van der Waals surface area (Å²) in [7, 11) is 0. The van der Waals surface area contributed by atoms with Crippen LogP contribution in [0.1, 0.15) is 42.2 Å². The van der Waals surface area contributed by atoms with E-state index in [-0.39, 0.29) is 5.91 Å². The molecule has 0 saturated carbocycles. The third-order valence-corrected chi connectivity index (χ3v) is 5.92. The van der Waals surface area contributed by atoms with E-state index in [1.807, 2.05) is 49.4 Å². The van der Waals surface area contributed by atoms with Crippen LogP contribution in [-0.4, -0.2) is 47.5 Å². The van der Waals surface area contributed by atoms with Crippen LogP contribution < -0.4 is 10.2 Å². The van der Waals surface area contributed by atoms with E-state index in [1.54, 1.807) is 0 Å². The molecule has 5 nitrogen and oxygen atoms in total. The second kappa shape index (κ2) is 7.69. The summed E-state index contributed by atoms with van der Waals surface area (Å²) in [6, 6.07) is 14.6. The van der Waals surface area contributed by atoms with Crippen LogP contribution in [0.3, 0.4) is 0 Å². The van der Waals surface area contributed by atoms with Crippen LogP contribution in [0.4, 0.5) is 11.5 Å². The first-order chi connectivity index (χ1) is 13.1. The summed E-state index contributed by atoms with van der Waals surface area (Å²) in [6.45, 7) is 7.64. The molecule has 0 radical (unpaired) electrons. The lowest BCUT2D eigenvalue weighted by Gasteiger charge is -2.28. The molecule has 2 fully saturated rings. The van der Waals surface area contributed by atoms with Gasteiger partial charge in [0.25, 0.3) is 5.91 Å². The van der Waals surface area contributed by atoms with Crippen LogP contribution in [0.15, 0.2) is 42.5 Å². The summed E-state index contributed by atoms with van der Waals surface area (Å²) < 4.78 is 0. The standard InChI is InChI=1S/C22H28N4O/c1-16-7-6-13-26(16)19-12-14-25(15-19)21-11-10-20(17(2)23-21)24-22(27)18-8-4-3-5-9-18/h3-5,8-11,16,19H,6-7,12-15H2,1-2H3,(H,24,27)/t16-,19-/m0/s1. The molecule has 0 unspecified atom stereocenters. The minimum absolute atomic E-state index is 0.0995. The van der Waals surface area contributed by atoms with Gasteiger partial charge in [-0.15, -0.1) is 0 Å². The molecule has 4 rings (SSSR count). The van der Waals surface area contributed by atoms with Crippen molar-refractivity contribution in [2.24, 2.45) is 0 Å². The highest BCUT2D eigenvalue weighted by Crippen LogP contribution is 2.28. The normalized spacial score (nSPS) is 23.0. The van der Waals surface area contributed by atoms with E-state index in [4.69, 9.17) is 4.98 Å². The molecular weight excluding hydrogens is 336 g/mol. The molecule has 1 aromatic heterocycles. The van der Waals surface area contributed by atoms with Gasteiger partial charge in [0.15, 0.2) is 0 Å². The van der Waals surface area contributed by atoms with Gasteiger partial charge in [-0.2, -0.15) is 0 Å². The van der Waals surface area contributed by atoms with Crippen LogP contribution in [0, 0.1) is 6.92 Å². The number of pyridine rings is 1. The maximum atomic E-state index is 12.4. The topological polar surface area (TPSA) is 48.5 Å². The molecule has 27 heavy (non-hydrogen) atoms. The van der Waals surface area contributed by atoms with Crippen molar-refractivity contribution in [3.8, 4) is 0 Å². The Bertz CT molecular complexity index is 807. The summed E-state index contributed by atoms with van der Waals surface area (Å²) in [5.74, 6) is 0.914. The van der Waals surface area contributed by atoms with Crippen LogP contribution in [-0.2, 0) is 0 Å². The Hall–Kier alpha value is -2.40. The molecular formula is C22H28N4O. The summed E-state index contributed by atoms with van der Waals surface area (Å²) >= 11 is 0. The number of nitrogens with zero attached hydrogens (tertiary/aromatic N) is 3. The number of benzene rings is 1. The van der Waals surface area contributed by atoms with Crippen LogP contribution in [0.25, 0.3) is 0 Å². The molecule has 142 valence electrons. The Morgan fingerprint density at radius 2 is 1.93 bits per heavy atom. The number of amides is 1. The lowest BCUT2D eigenvalue weighted by Crippen LogP contribution is -2.39. The summed E-state index contributed by atoms with van der Waals surface area (Å²) in [6.07, 6.45) is 3.85. The Morgan fingerprint density at radius 3 is 2.63 bits per heavy atom. The van der Waals surface area contributed by atoms with Gasteiger partial charge in [0.05, 0.1) is 11.4 Å². The fourth-order valence-electron chi connectivity index (χ4n) is 4.36. The number of anilines is 2. The van der Waals surface area contributed by atoms with Crippen molar-refractivity contribution in [2.45, 2.75) is 45.2 Å². The van der Waals surface area contributed by atoms with Gasteiger partial charge in [0, 0.05) is 30.7 Å². The number of nitrogens with one attached hydrogen (secondary N) is 1. The molecule has 2 aliphatic rings. The van der Waals surface area contributed by atoms with Crippen molar-refractivity contribution in [1.29, 1.82) is 0 Å². The van der Waals surface area contributed by atoms with Gasteiger partial charge in [-0.1, -0.05) is 18.2 Å². The third-order valence-electron chi connectivity index (χ3n) is 5.92. The highest BCUT2D eigenvalue weighted by Gasteiger charge is 2.33. The SMILES string of the molecule is Cc1nc(N2CC[C@H](N3CCC[C@@H]3C)C2)ccc1NC(=O)c1ccccc1. The Kier molecular flexibility index (Phi) is 5.12. The lowest BCUT2D eigenvalue weighted by molar-refractivity contribution is 0.102. The molecule has 5 heteroatoms. The van der Waals surface area contributed by atoms with E-state index >= 15 is 0 Å². The van der Waals surface area contributed by atoms with Crippen molar-refractivity contribution >= 4 is 17.4 Å². The zero-order chi connectivity index (χ0) is 18.8. The number of carbonyl (C=O) groups is 1. The molecule has 1 aromatic carbocycles. The highest BCUT2D eigenvalue weighted by atomic mass is 16.1. The molecule has 2 aromatic rings. The van der Waals surface area contributed by atoms with Crippen LogP contribution in [0.2, 0.25) is 0 Å². The third kappa shape index (κ3) is 3.83. The van der Waals surface area contributed by atoms with E-state index < -0.39 is 0 Å². The van der Waals surface area contributed by atoms with Crippen molar-refractivity contribution in [1.82, 2.24) is 9.88 Å². The Morgan fingerprint density at radius 1 is 1.11 bits per heavy atom. The second-order valence-electron chi connectivity index (χ2n) is 7.74. The first-order valence-corrected chi connectivity index (χ1v) is 9.96. The van der Waals surface area contributed by atoms with Crippen molar-refractivity contribution < 1.29 is 4.79 Å². The predicted octanol–water partition coefficient (Wildman–Crippen LogP) is 3.71. The van der Waals surface area contributed by atoms with Crippen molar-refractivity contribution in [2.75, 3.05) is 29.9 Å². The van der Waals surface area contributed by atoms with Crippen LogP contribution in [0.5, 0.6) is 0 Å². The Labute approximate surface area is 161 Å². The molecule has 0 bridgehead atoms. The molecule has 0 spiro atoms. The maximum Gasteiger partial charge on any atom is 0.255 e. The van der Waals surface area contributed by atoms with Crippen LogP contribution >= 0.6 is 0 Å². The van der Waals surface area contributed by atoms with Gasteiger partial charge in [-0.3, -0.25) is 9.69 Å². The molecule has 2 aliphatic heterocycles. The number of aromatic nitrogens is 1. The van der Waals surface area contributed by atoms with Crippen molar-refractivity contribution in [3.05, 3.63) is 53.7 Å². The molecule has 3 heterocycles. The van der Waals surface area contributed by atoms with Crippen molar-refractivity contribution in [3.63, 3.8) is 0 Å². The lowest BCUT2D eigenvalue weighted by atomic mass is 10.2. The second-order valence-corrected chi connectivity index (χ2v) is 7.74. The van der Waals surface area contributed by atoms with Gasteiger partial charge in [0.1, 0.15) is 5.82 Å². The monoisotopic (exact) mass is 364 g/mol. The van der Waals surface area contributed by atoms with Gasteiger partial charge < -0.3 is 10.2 Å². The quantitative estimate of drug-likeness (QED) is 0.899. The number of aryl methyl sites for hydroxylation is 1. The zero-order valence-corrected chi connectivity index (χ0v) is 16.2. The van der Waals surface area contributed by atoms with Gasteiger partial charge >= 0.3 is 0 Å². The minimum atomic E-state index is -0.0995. The number of hydrogen-bond donors (Lipinski definition) is 1. The molecule has 2 saturated heterocycles. The van der Waals surface area contributed by atoms with E-state index in [0.717, 1.165) is 30.3 Å². The predicted molar refractivity (Wildman–Crippen MR) is 109 cm³/mol. The van der Waals surface area contributed by atoms with E-state index in [9.17, 15) is 4.79 Å².